The van der Waals surface area contributed by atoms with Gasteiger partial charge in [0.15, 0.2) is 0 Å². The number of likely N-dealkylation sites (N-methyl/N-ethyl adjacent to an activating group) is 1. The number of sulfonamides is 1. The third-order valence-corrected chi connectivity index (χ3v) is 6.30. The second-order valence-electron chi connectivity index (χ2n) is 6.03. The predicted molar refractivity (Wildman–Crippen MR) is 87.9 cm³/mol. The second kappa shape index (κ2) is 6.94. The van der Waals surface area contributed by atoms with Crippen molar-refractivity contribution in [3.05, 3.63) is 33.9 Å². The Bertz CT molecular complexity index is 688. The van der Waals surface area contributed by atoms with Gasteiger partial charge in [-0.25, -0.2) is 8.42 Å². The van der Waals surface area contributed by atoms with Crippen LogP contribution in [0.4, 0.5) is 5.69 Å². The molecule has 8 heteroatoms. The van der Waals surface area contributed by atoms with Crippen LogP contribution in [0.2, 0.25) is 0 Å². The maximum Gasteiger partial charge on any atom is 0.270 e. The number of hydrogen-bond donors (Lipinski definition) is 0. The van der Waals surface area contributed by atoms with E-state index in [4.69, 9.17) is 0 Å². The Morgan fingerprint density at radius 1 is 1.39 bits per heavy atom. The highest BCUT2D eigenvalue weighted by molar-refractivity contribution is 7.89. The molecule has 23 heavy (non-hydrogen) atoms. The second-order valence-corrected chi connectivity index (χ2v) is 7.93. The number of aryl methyl sites for hydroxylation is 1. The van der Waals surface area contributed by atoms with Gasteiger partial charge in [-0.2, -0.15) is 4.31 Å². The third kappa shape index (κ3) is 3.70. The van der Waals surface area contributed by atoms with Gasteiger partial charge in [-0.05, 0) is 38.9 Å². The molecule has 0 aliphatic carbocycles. The van der Waals surface area contributed by atoms with E-state index in [2.05, 4.69) is 0 Å². The van der Waals surface area contributed by atoms with Crippen LogP contribution in [0.15, 0.2) is 23.1 Å². The maximum absolute atomic E-state index is 13.0. The van der Waals surface area contributed by atoms with Crippen molar-refractivity contribution in [2.45, 2.75) is 37.1 Å². The van der Waals surface area contributed by atoms with Crippen LogP contribution in [0, 0.1) is 10.1 Å². The molecule has 1 aliphatic rings. The maximum atomic E-state index is 13.0. The minimum Gasteiger partial charge on any atom is -0.305 e. The summed E-state index contributed by atoms with van der Waals surface area (Å²) in [4.78, 5) is 12.5. The van der Waals surface area contributed by atoms with E-state index in [0.717, 1.165) is 12.8 Å². The van der Waals surface area contributed by atoms with Gasteiger partial charge in [0.2, 0.25) is 10.0 Å². The Morgan fingerprint density at radius 2 is 2.09 bits per heavy atom. The summed E-state index contributed by atoms with van der Waals surface area (Å²) < 4.78 is 27.4. The summed E-state index contributed by atoms with van der Waals surface area (Å²) in [6.07, 6.45) is 2.25. The lowest BCUT2D eigenvalue weighted by Gasteiger charge is -2.35. The Labute approximate surface area is 137 Å². The van der Waals surface area contributed by atoms with Crippen LogP contribution in [0.25, 0.3) is 0 Å². The van der Waals surface area contributed by atoms with Crippen molar-refractivity contribution in [3.63, 3.8) is 0 Å². The highest BCUT2D eigenvalue weighted by Crippen LogP contribution is 2.28. The van der Waals surface area contributed by atoms with E-state index in [1.807, 2.05) is 25.9 Å². The van der Waals surface area contributed by atoms with Crippen molar-refractivity contribution in [1.82, 2.24) is 9.21 Å². The molecular formula is C15H23N3O4S. The molecule has 0 saturated carbocycles. The number of nitrogens with zero attached hydrogens (tertiary/aromatic N) is 3. The summed E-state index contributed by atoms with van der Waals surface area (Å²) in [6.45, 7) is 2.72. The van der Waals surface area contributed by atoms with Crippen LogP contribution in [-0.2, 0) is 16.4 Å². The molecule has 0 radical (unpaired) electrons. The van der Waals surface area contributed by atoms with E-state index in [9.17, 15) is 18.5 Å². The van der Waals surface area contributed by atoms with Crippen LogP contribution in [-0.4, -0.2) is 55.8 Å². The van der Waals surface area contributed by atoms with Gasteiger partial charge in [-0.3, -0.25) is 10.1 Å². The molecule has 1 aliphatic heterocycles. The van der Waals surface area contributed by atoms with E-state index in [-0.39, 0.29) is 16.6 Å². The fourth-order valence-corrected chi connectivity index (χ4v) is 4.72. The summed E-state index contributed by atoms with van der Waals surface area (Å²) in [5.74, 6) is 0. The zero-order valence-corrected chi connectivity index (χ0v) is 14.5. The standard InChI is InChI=1S/C15H23N3O4S/c1-4-12-7-8-13(18(19)20)10-15(12)23(21,22)17-9-5-6-14(11-17)16(2)3/h7-8,10,14H,4-6,9,11H2,1-3H3. The molecule has 1 fully saturated rings. The van der Waals surface area contributed by atoms with Gasteiger partial charge in [-0.15, -0.1) is 0 Å². The molecule has 0 N–H and O–H groups in total. The first-order chi connectivity index (χ1) is 10.8. The molecule has 7 nitrogen and oxygen atoms in total. The van der Waals surface area contributed by atoms with Crippen LogP contribution in [0.1, 0.15) is 25.3 Å². The van der Waals surface area contributed by atoms with Gasteiger partial charge in [0.25, 0.3) is 5.69 Å². The van der Waals surface area contributed by atoms with E-state index >= 15 is 0 Å². The van der Waals surface area contributed by atoms with Crippen molar-refractivity contribution in [1.29, 1.82) is 0 Å². The lowest BCUT2D eigenvalue weighted by Crippen LogP contribution is -2.47. The molecule has 0 spiro atoms. The molecule has 1 aromatic rings. The summed E-state index contributed by atoms with van der Waals surface area (Å²) in [5.41, 5.74) is 0.421. The first-order valence-corrected chi connectivity index (χ1v) is 9.15. The van der Waals surface area contributed by atoms with Gasteiger partial charge in [0, 0.05) is 31.3 Å². The molecule has 1 saturated heterocycles. The highest BCUT2D eigenvalue weighted by atomic mass is 32.2. The Balaban J connectivity index is 2.42. The summed E-state index contributed by atoms with van der Waals surface area (Å²) >= 11 is 0. The van der Waals surface area contributed by atoms with Crippen LogP contribution in [0.5, 0.6) is 0 Å². The van der Waals surface area contributed by atoms with Gasteiger partial charge in [-0.1, -0.05) is 13.0 Å². The van der Waals surface area contributed by atoms with Crippen molar-refractivity contribution < 1.29 is 13.3 Å². The first kappa shape index (κ1) is 17.8. The predicted octanol–water partition coefficient (Wildman–Crippen LogP) is 1.87. The molecule has 1 atom stereocenters. The lowest BCUT2D eigenvalue weighted by atomic mass is 10.1. The van der Waals surface area contributed by atoms with E-state index in [0.29, 0.717) is 25.1 Å². The fraction of sp³-hybridized carbons (Fsp3) is 0.600. The SMILES string of the molecule is CCc1ccc([N+](=O)[O-])cc1S(=O)(=O)N1CCCC(N(C)C)C1. The highest BCUT2D eigenvalue weighted by Gasteiger charge is 2.33. The average Bonchev–Trinajstić information content (AvgIpc) is 2.54. The summed E-state index contributed by atoms with van der Waals surface area (Å²) in [6, 6.07) is 4.25. The number of piperidine rings is 1. The molecule has 1 unspecified atom stereocenters. The minimum atomic E-state index is -3.73. The normalized spacial score (nSPS) is 19.9. The zero-order chi connectivity index (χ0) is 17.2. The number of benzene rings is 1. The molecule has 0 amide bonds. The Morgan fingerprint density at radius 3 is 2.65 bits per heavy atom. The molecule has 0 bridgehead atoms. The van der Waals surface area contributed by atoms with E-state index in [1.54, 1.807) is 6.07 Å². The molecule has 1 aromatic carbocycles. The fourth-order valence-electron chi connectivity index (χ4n) is 2.89. The zero-order valence-electron chi connectivity index (χ0n) is 13.7. The van der Waals surface area contributed by atoms with Gasteiger partial charge in [0.05, 0.1) is 9.82 Å². The van der Waals surface area contributed by atoms with E-state index in [1.165, 1.54) is 16.4 Å². The molecular weight excluding hydrogens is 318 g/mol. The Hall–Kier alpha value is -1.51. The number of hydrogen-bond acceptors (Lipinski definition) is 5. The number of non-ortho nitro benzene ring substituents is 1. The van der Waals surface area contributed by atoms with Gasteiger partial charge >= 0.3 is 0 Å². The van der Waals surface area contributed by atoms with E-state index < -0.39 is 14.9 Å². The molecule has 1 heterocycles. The smallest absolute Gasteiger partial charge is 0.270 e. The van der Waals surface area contributed by atoms with Crippen molar-refractivity contribution in [2.24, 2.45) is 0 Å². The van der Waals surface area contributed by atoms with Gasteiger partial charge < -0.3 is 4.90 Å². The van der Waals surface area contributed by atoms with Crippen molar-refractivity contribution >= 4 is 15.7 Å². The number of nitro groups is 1. The average molecular weight is 341 g/mol. The van der Waals surface area contributed by atoms with Gasteiger partial charge in [0.1, 0.15) is 0 Å². The lowest BCUT2D eigenvalue weighted by molar-refractivity contribution is -0.385. The Kier molecular flexibility index (Phi) is 5.38. The van der Waals surface area contributed by atoms with Crippen LogP contribution >= 0.6 is 0 Å². The quantitative estimate of drug-likeness (QED) is 0.603. The number of rotatable bonds is 5. The van der Waals surface area contributed by atoms with Crippen molar-refractivity contribution in [3.8, 4) is 0 Å². The van der Waals surface area contributed by atoms with Crippen LogP contribution in [0.3, 0.4) is 0 Å². The van der Waals surface area contributed by atoms with Crippen molar-refractivity contribution in [2.75, 3.05) is 27.2 Å². The topological polar surface area (TPSA) is 83.8 Å². The van der Waals surface area contributed by atoms with Crippen LogP contribution < -0.4 is 0 Å². The monoisotopic (exact) mass is 341 g/mol. The third-order valence-electron chi connectivity index (χ3n) is 4.35. The minimum absolute atomic E-state index is 0.0635. The summed E-state index contributed by atoms with van der Waals surface area (Å²) in [7, 11) is 0.147. The summed E-state index contributed by atoms with van der Waals surface area (Å²) in [5, 5.41) is 11.0. The molecule has 128 valence electrons. The molecule has 2 rings (SSSR count). The first-order valence-electron chi connectivity index (χ1n) is 7.71. The number of nitro benzene ring substituents is 1. The molecule has 0 aromatic heterocycles. The largest absolute Gasteiger partial charge is 0.305 e.